The number of Topliss-reactive ketones (excluding diaryl/α,β-unsaturated/α-hetero) is 1. The molecule has 23 heavy (non-hydrogen) atoms. The molecule has 1 aromatic heterocycles. The Bertz CT molecular complexity index is 672. The van der Waals surface area contributed by atoms with Crippen LogP contribution in [-0.2, 0) is 4.79 Å². The van der Waals surface area contributed by atoms with Crippen LogP contribution in [0.2, 0.25) is 0 Å². The predicted molar refractivity (Wildman–Crippen MR) is 91.6 cm³/mol. The highest BCUT2D eigenvalue weighted by Gasteiger charge is 2.17. The maximum absolute atomic E-state index is 12.4. The molecule has 0 bridgehead atoms. The molecule has 0 aliphatic rings. The Hall–Kier alpha value is -2.21. The molecule has 0 spiro atoms. The fourth-order valence-corrected chi connectivity index (χ4v) is 2.60. The second-order valence-electron chi connectivity index (χ2n) is 5.38. The molecule has 6 heteroatoms. The van der Waals surface area contributed by atoms with Crippen LogP contribution in [0.1, 0.15) is 31.1 Å². The zero-order chi connectivity index (χ0) is 16.8. The monoisotopic (exact) mass is 329 g/mol. The van der Waals surface area contributed by atoms with Gasteiger partial charge in [0.2, 0.25) is 5.91 Å². The second-order valence-corrected chi connectivity index (χ2v) is 6.68. The standard InChI is InChI=1S/C17H19N3O2S/c1-11(2)16(22)20-14-7-5-13(6-8-14)15(21)12(3)23-17-18-9-4-10-19-17/h4-12H,1-3H3,(H,20,22). The number of hydrogen-bond donors (Lipinski definition) is 1. The Morgan fingerprint density at radius 3 is 2.22 bits per heavy atom. The Labute approximate surface area is 139 Å². The lowest BCUT2D eigenvalue weighted by atomic mass is 10.1. The van der Waals surface area contributed by atoms with Crippen molar-refractivity contribution in [1.29, 1.82) is 0 Å². The van der Waals surface area contributed by atoms with Crippen LogP contribution in [0.25, 0.3) is 0 Å². The minimum absolute atomic E-state index is 0.00388. The number of nitrogens with zero attached hydrogens (tertiary/aromatic N) is 2. The summed E-state index contributed by atoms with van der Waals surface area (Å²) in [4.78, 5) is 32.3. The van der Waals surface area contributed by atoms with Crippen LogP contribution in [0.4, 0.5) is 5.69 Å². The van der Waals surface area contributed by atoms with Gasteiger partial charge in [0.1, 0.15) is 0 Å². The van der Waals surface area contributed by atoms with Gasteiger partial charge in [0.05, 0.1) is 5.25 Å². The molecule has 0 aliphatic carbocycles. The maximum Gasteiger partial charge on any atom is 0.226 e. The number of aromatic nitrogens is 2. The van der Waals surface area contributed by atoms with Crippen molar-refractivity contribution in [2.45, 2.75) is 31.2 Å². The number of benzene rings is 1. The van der Waals surface area contributed by atoms with E-state index >= 15 is 0 Å². The van der Waals surface area contributed by atoms with Crippen LogP contribution in [0.5, 0.6) is 0 Å². The Morgan fingerprint density at radius 1 is 1.04 bits per heavy atom. The summed E-state index contributed by atoms with van der Waals surface area (Å²) in [6.45, 7) is 5.49. The minimum atomic E-state index is -0.284. The fourth-order valence-electron chi connectivity index (χ4n) is 1.80. The van der Waals surface area contributed by atoms with Crippen LogP contribution in [0.3, 0.4) is 0 Å². The topological polar surface area (TPSA) is 72.0 Å². The first-order chi connectivity index (χ1) is 11.0. The van der Waals surface area contributed by atoms with E-state index in [0.29, 0.717) is 16.4 Å². The fraction of sp³-hybridized carbons (Fsp3) is 0.294. The molecule has 1 heterocycles. The number of nitrogens with one attached hydrogen (secondary N) is 1. The molecule has 1 amide bonds. The van der Waals surface area contributed by atoms with Crippen molar-refractivity contribution in [1.82, 2.24) is 9.97 Å². The van der Waals surface area contributed by atoms with Gasteiger partial charge in [-0.25, -0.2) is 9.97 Å². The lowest BCUT2D eigenvalue weighted by Crippen LogP contribution is -2.18. The third kappa shape index (κ3) is 4.89. The molecule has 5 nitrogen and oxygen atoms in total. The van der Waals surface area contributed by atoms with E-state index in [2.05, 4.69) is 15.3 Å². The van der Waals surface area contributed by atoms with Gasteiger partial charge in [-0.05, 0) is 37.3 Å². The molecule has 0 aliphatic heterocycles. The number of carbonyl (C=O) groups excluding carboxylic acids is 2. The summed E-state index contributed by atoms with van der Waals surface area (Å²) < 4.78 is 0. The van der Waals surface area contributed by atoms with Crippen molar-refractivity contribution in [3.05, 3.63) is 48.3 Å². The molecular formula is C17H19N3O2S. The smallest absolute Gasteiger partial charge is 0.226 e. The van der Waals surface area contributed by atoms with Crippen molar-refractivity contribution in [3.63, 3.8) is 0 Å². The third-order valence-electron chi connectivity index (χ3n) is 3.15. The number of rotatable bonds is 6. The summed E-state index contributed by atoms with van der Waals surface area (Å²) in [6.07, 6.45) is 3.30. The van der Waals surface area contributed by atoms with E-state index in [1.807, 2.05) is 20.8 Å². The number of carbonyl (C=O) groups is 2. The normalized spacial score (nSPS) is 12.0. The molecule has 1 atom stereocenters. The summed E-state index contributed by atoms with van der Waals surface area (Å²) in [6, 6.07) is 8.66. The van der Waals surface area contributed by atoms with Crippen molar-refractivity contribution >= 4 is 29.1 Å². The highest BCUT2D eigenvalue weighted by atomic mass is 32.2. The van der Waals surface area contributed by atoms with Crippen LogP contribution < -0.4 is 5.32 Å². The molecular weight excluding hydrogens is 310 g/mol. The van der Waals surface area contributed by atoms with E-state index in [-0.39, 0.29) is 22.9 Å². The molecule has 2 aromatic rings. The van der Waals surface area contributed by atoms with Crippen molar-refractivity contribution in [2.75, 3.05) is 5.32 Å². The molecule has 1 N–H and O–H groups in total. The second kappa shape index (κ2) is 7.87. The van der Waals surface area contributed by atoms with Gasteiger partial charge in [-0.3, -0.25) is 9.59 Å². The average Bonchev–Trinajstić information content (AvgIpc) is 2.55. The third-order valence-corrected chi connectivity index (χ3v) is 4.14. The highest BCUT2D eigenvalue weighted by Crippen LogP contribution is 2.22. The largest absolute Gasteiger partial charge is 0.326 e. The van der Waals surface area contributed by atoms with E-state index in [4.69, 9.17) is 0 Å². The van der Waals surface area contributed by atoms with Gasteiger partial charge in [-0.2, -0.15) is 0 Å². The Morgan fingerprint density at radius 2 is 1.65 bits per heavy atom. The number of anilines is 1. The van der Waals surface area contributed by atoms with E-state index in [9.17, 15) is 9.59 Å². The predicted octanol–water partition coefficient (Wildman–Crippen LogP) is 3.43. The number of ketones is 1. The van der Waals surface area contributed by atoms with E-state index < -0.39 is 0 Å². The quantitative estimate of drug-likeness (QED) is 0.499. The summed E-state index contributed by atoms with van der Waals surface area (Å²) in [5, 5.41) is 3.10. The molecule has 0 saturated carbocycles. The Kier molecular flexibility index (Phi) is 5.87. The van der Waals surface area contributed by atoms with Crippen LogP contribution in [-0.4, -0.2) is 26.9 Å². The van der Waals surface area contributed by atoms with Crippen LogP contribution in [0, 0.1) is 5.92 Å². The summed E-state index contributed by atoms with van der Waals surface area (Å²) in [7, 11) is 0. The molecule has 0 radical (unpaired) electrons. The zero-order valence-electron chi connectivity index (χ0n) is 13.3. The van der Waals surface area contributed by atoms with E-state index in [0.717, 1.165) is 0 Å². The number of hydrogen-bond acceptors (Lipinski definition) is 5. The van der Waals surface area contributed by atoms with Crippen LogP contribution >= 0.6 is 11.8 Å². The van der Waals surface area contributed by atoms with Gasteiger partial charge in [0.25, 0.3) is 0 Å². The number of thioether (sulfide) groups is 1. The van der Waals surface area contributed by atoms with Crippen LogP contribution in [0.15, 0.2) is 47.9 Å². The van der Waals surface area contributed by atoms with Crippen molar-refractivity contribution in [2.24, 2.45) is 5.92 Å². The minimum Gasteiger partial charge on any atom is -0.326 e. The first kappa shape index (κ1) is 17.1. The van der Waals surface area contributed by atoms with Gasteiger partial charge < -0.3 is 5.32 Å². The highest BCUT2D eigenvalue weighted by molar-refractivity contribution is 8.00. The molecule has 1 aromatic carbocycles. The van der Waals surface area contributed by atoms with E-state index in [1.165, 1.54) is 11.8 Å². The zero-order valence-corrected chi connectivity index (χ0v) is 14.1. The lowest BCUT2D eigenvalue weighted by molar-refractivity contribution is -0.118. The van der Waals surface area contributed by atoms with Gasteiger partial charge in [-0.1, -0.05) is 25.6 Å². The van der Waals surface area contributed by atoms with Crippen molar-refractivity contribution < 1.29 is 9.59 Å². The SMILES string of the molecule is CC(C)C(=O)Nc1ccc(C(=O)C(C)Sc2ncccn2)cc1. The van der Waals surface area contributed by atoms with Gasteiger partial charge in [0.15, 0.2) is 10.9 Å². The molecule has 1 unspecified atom stereocenters. The Balaban J connectivity index is 2.01. The van der Waals surface area contributed by atoms with E-state index in [1.54, 1.807) is 42.7 Å². The molecule has 0 fully saturated rings. The summed E-state index contributed by atoms with van der Waals surface area (Å²) >= 11 is 1.32. The summed E-state index contributed by atoms with van der Waals surface area (Å²) in [5.74, 6) is -0.128. The summed E-state index contributed by atoms with van der Waals surface area (Å²) in [5.41, 5.74) is 1.29. The molecule has 0 saturated heterocycles. The first-order valence-corrected chi connectivity index (χ1v) is 8.24. The van der Waals surface area contributed by atoms with Gasteiger partial charge >= 0.3 is 0 Å². The van der Waals surface area contributed by atoms with Gasteiger partial charge in [-0.15, -0.1) is 0 Å². The molecule has 2 rings (SSSR count). The maximum atomic E-state index is 12.4. The average molecular weight is 329 g/mol. The number of amides is 1. The van der Waals surface area contributed by atoms with Crippen molar-refractivity contribution in [3.8, 4) is 0 Å². The van der Waals surface area contributed by atoms with Gasteiger partial charge in [0, 0.05) is 29.6 Å². The lowest BCUT2D eigenvalue weighted by Gasteiger charge is -2.11. The molecule has 120 valence electrons. The first-order valence-electron chi connectivity index (χ1n) is 7.36.